The second-order valence-corrected chi connectivity index (χ2v) is 4.62. The third-order valence-electron chi connectivity index (χ3n) is 3.12. The molecule has 0 aliphatic heterocycles. The highest BCUT2D eigenvalue weighted by atomic mass is 16.3. The van der Waals surface area contributed by atoms with Crippen molar-refractivity contribution >= 4 is 0 Å². The Balaban J connectivity index is 2.80. The Bertz CT molecular complexity index is 317. The predicted octanol–water partition coefficient (Wildman–Crippen LogP) is 3.77. The maximum atomic E-state index is 10.1. The Labute approximate surface area is 93.1 Å². The molecule has 0 saturated carbocycles. The molecule has 1 aromatic carbocycles. The number of aliphatic hydroxyl groups is 1. The van der Waals surface area contributed by atoms with E-state index in [-0.39, 0.29) is 6.10 Å². The first-order chi connectivity index (χ1) is 7.04. The second kappa shape index (κ2) is 5.32. The zero-order valence-electron chi connectivity index (χ0n) is 10.2. The normalized spacial score (nSPS) is 15.0. The van der Waals surface area contributed by atoms with Gasteiger partial charge < -0.3 is 5.11 Å². The van der Waals surface area contributed by atoms with Crippen molar-refractivity contribution in [1.82, 2.24) is 0 Å². The minimum absolute atomic E-state index is 0.306. The molecular formula is C14H22O. The van der Waals surface area contributed by atoms with Crippen molar-refractivity contribution in [2.24, 2.45) is 5.92 Å². The minimum atomic E-state index is -0.306. The molecule has 2 unspecified atom stereocenters. The fourth-order valence-corrected chi connectivity index (χ4v) is 1.79. The molecule has 0 amide bonds. The molecular weight excluding hydrogens is 184 g/mol. The van der Waals surface area contributed by atoms with Crippen LogP contribution in [-0.2, 0) is 0 Å². The molecule has 1 heteroatoms. The smallest absolute Gasteiger partial charge is 0.0795 e. The topological polar surface area (TPSA) is 20.2 Å². The molecule has 1 aromatic rings. The number of aryl methyl sites for hydroxylation is 2. The number of benzene rings is 1. The molecule has 84 valence electrons. The molecule has 0 heterocycles. The van der Waals surface area contributed by atoms with Crippen LogP contribution >= 0.6 is 0 Å². The van der Waals surface area contributed by atoms with E-state index in [4.69, 9.17) is 0 Å². The van der Waals surface area contributed by atoms with Gasteiger partial charge in [0.1, 0.15) is 0 Å². The molecule has 0 saturated heterocycles. The summed E-state index contributed by atoms with van der Waals surface area (Å²) in [6, 6.07) is 6.28. The van der Waals surface area contributed by atoms with E-state index in [1.165, 1.54) is 11.1 Å². The van der Waals surface area contributed by atoms with E-state index in [1.807, 2.05) is 0 Å². The second-order valence-electron chi connectivity index (χ2n) is 4.62. The van der Waals surface area contributed by atoms with Gasteiger partial charge >= 0.3 is 0 Å². The summed E-state index contributed by atoms with van der Waals surface area (Å²) in [4.78, 5) is 0. The summed E-state index contributed by atoms with van der Waals surface area (Å²) in [6.45, 7) is 8.49. The molecule has 1 rings (SSSR count). The van der Waals surface area contributed by atoms with Crippen molar-refractivity contribution in [2.75, 3.05) is 0 Å². The zero-order chi connectivity index (χ0) is 11.4. The maximum Gasteiger partial charge on any atom is 0.0795 e. The average molecular weight is 206 g/mol. The van der Waals surface area contributed by atoms with Gasteiger partial charge in [0.05, 0.1) is 6.10 Å². The van der Waals surface area contributed by atoms with E-state index in [0.717, 1.165) is 18.4 Å². The van der Waals surface area contributed by atoms with Gasteiger partial charge in [-0.15, -0.1) is 0 Å². The van der Waals surface area contributed by atoms with Gasteiger partial charge in [-0.05, 0) is 37.3 Å². The van der Waals surface area contributed by atoms with Gasteiger partial charge in [-0.2, -0.15) is 0 Å². The molecule has 2 atom stereocenters. The number of rotatable bonds is 4. The van der Waals surface area contributed by atoms with E-state index in [1.54, 1.807) is 0 Å². The highest BCUT2D eigenvalue weighted by Gasteiger charge is 2.13. The van der Waals surface area contributed by atoms with E-state index < -0.39 is 0 Å². The van der Waals surface area contributed by atoms with Crippen LogP contribution < -0.4 is 0 Å². The summed E-state index contributed by atoms with van der Waals surface area (Å²) in [7, 11) is 0. The summed E-state index contributed by atoms with van der Waals surface area (Å²) in [5, 5.41) is 10.1. The van der Waals surface area contributed by atoms with E-state index in [0.29, 0.717) is 5.92 Å². The molecule has 15 heavy (non-hydrogen) atoms. The summed E-state index contributed by atoms with van der Waals surface area (Å²) in [5.74, 6) is 0.583. The Morgan fingerprint density at radius 2 is 1.93 bits per heavy atom. The fourth-order valence-electron chi connectivity index (χ4n) is 1.79. The lowest BCUT2D eigenvalue weighted by Gasteiger charge is -2.17. The zero-order valence-corrected chi connectivity index (χ0v) is 10.2. The SMILES string of the molecule is CCC(C)CC(O)c1cc(C)ccc1C. The number of hydrogen-bond donors (Lipinski definition) is 1. The van der Waals surface area contributed by atoms with E-state index in [2.05, 4.69) is 45.9 Å². The first kappa shape index (κ1) is 12.3. The Morgan fingerprint density at radius 3 is 2.53 bits per heavy atom. The monoisotopic (exact) mass is 206 g/mol. The van der Waals surface area contributed by atoms with Gasteiger partial charge in [-0.25, -0.2) is 0 Å². The first-order valence-electron chi connectivity index (χ1n) is 5.79. The average Bonchev–Trinajstić information content (AvgIpc) is 2.21. The molecule has 0 radical (unpaired) electrons. The van der Waals surface area contributed by atoms with Gasteiger partial charge in [0.25, 0.3) is 0 Å². The van der Waals surface area contributed by atoms with Crippen molar-refractivity contribution in [3.05, 3.63) is 34.9 Å². The lowest BCUT2D eigenvalue weighted by molar-refractivity contribution is 0.146. The van der Waals surface area contributed by atoms with Crippen molar-refractivity contribution in [2.45, 2.75) is 46.6 Å². The van der Waals surface area contributed by atoms with Crippen LogP contribution in [0.5, 0.6) is 0 Å². The quantitative estimate of drug-likeness (QED) is 0.795. The molecule has 1 nitrogen and oxygen atoms in total. The number of hydrogen-bond acceptors (Lipinski definition) is 1. The molecule has 0 spiro atoms. The Morgan fingerprint density at radius 1 is 1.27 bits per heavy atom. The lowest BCUT2D eigenvalue weighted by Crippen LogP contribution is -2.05. The molecule has 0 bridgehead atoms. The number of aliphatic hydroxyl groups excluding tert-OH is 1. The van der Waals surface area contributed by atoms with Crippen molar-refractivity contribution in [1.29, 1.82) is 0 Å². The molecule has 0 aliphatic carbocycles. The minimum Gasteiger partial charge on any atom is -0.388 e. The van der Waals surface area contributed by atoms with Crippen LogP contribution in [0.15, 0.2) is 18.2 Å². The van der Waals surface area contributed by atoms with Crippen LogP contribution in [0, 0.1) is 19.8 Å². The summed E-state index contributed by atoms with van der Waals surface area (Å²) in [6.07, 6.45) is 1.68. The lowest BCUT2D eigenvalue weighted by atomic mass is 9.93. The fraction of sp³-hybridized carbons (Fsp3) is 0.571. The van der Waals surface area contributed by atoms with E-state index in [9.17, 15) is 5.11 Å². The largest absolute Gasteiger partial charge is 0.388 e. The van der Waals surface area contributed by atoms with Crippen LogP contribution in [0.25, 0.3) is 0 Å². The first-order valence-corrected chi connectivity index (χ1v) is 5.79. The van der Waals surface area contributed by atoms with Crippen LogP contribution in [0.2, 0.25) is 0 Å². The molecule has 0 aromatic heterocycles. The summed E-state index contributed by atoms with van der Waals surface area (Å²) in [5.41, 5.74) is 3.51. The van der Waals surface area contributed by atoms with Crippen LogP contribution in [0.1, 0.15) is 49.5 Å². The van der Waals surface area contributed by atoms with Crippen LogP contribution in [-0.4, -0.2) is 5.11 Å². The molecule has 0 fully saturated rings. The van der Waals surface area contributed by atoms with Gasteiger partial charge in [0.15, 0.2) is 0 Å². The Hall–Kier alpha value is -0.820. The standard InChI is InChI=1S/C14H22O/c1-5-10(2)9-14(15)13-8-11(3)6-7-12(13)4/h6-8,10,14-15H,5,9H2,1-4H3. The van der Waals surface area contributed by atoms with Crippen molar-refractivity contribution in [3.8, 4) is 0 Å². The van der Waals surface area contributed by atoms with E-state index >= 15 is 0 Å². The summed E-state index contributed by atoms with van der Waals surface area (Å²) < 4.78 is 0. The summed E-state index contributed by atoms with van der Waals surface area (Å²) >= 11 is 0. The highest BCUT2D eigenvalue weighted by Crippen LogP contribution is 2.25. The Kier molecular flexibility index (Phi) is 4.34. The van der Waals surface area contributed by atoms with Gasteiger partial charge in [0.2, 0.25) is 0 Å². The highest BCUT2D eigenvalue weighted by molar-refractivity contribution is 5.32. The molecule has 1 N–H and O–H groups in total. The van der Waals surface area contributed by atoms with Crippen molar-refractivity contribution < 1.29 is 5.11 Å². The van der Waals surface area contributed by atoms with Crippen molar-refractivity contribution in [3.63, 3.8) is 0 Å². The van der Waals surface area contributed by atoms with Gasteiger partial charge in [-0.1, -0.05) is 44.0 Å². The predicted molar refractivity (Wildman–Crippen MR) is 64.9 cm³/mol. The van der Waals surface area contributed by atoms with Gasteiger partial charge in [0, 0.05) is 0 Å². The molecule has 0 aliphatic rings. The van der Waals surface area contributed by atoms with Gasteiger partial charge in [-0.3, -0.25) is 0 Å². The maximum absolute atomic E-state index is 10.1. The van der Waals surface area contributed by atoms with Crippen LogP contribution in [0.4, 0.5) is 0 Å². The van der Waals surface area contributed by atoms with Crippen LogP contribution in [0.3, 0.4) is 0 Å². The third-order valence-corrected chi connectivity index (χ3v) is 3.12. The third kappa shape index (κ3) is 3.35.